The van der Waals surface area contributed by atoms with Crippen molar-refractivity contribution in [3.05, 3.63) is 17.0 Å². The fourth-order valence-electron chi connectivity index (χ4n) is 2.72. The average molecular weight is 350 g/mol. The van der Waals surface area contributed by atoms with Crippen LogP contribution in [0.1, 0.15) is 56.4 Å². The minimum atomic E-state index is -3.69. The van der Waals surface area contributed by atoms with Crippen LogP contribution >= 0.6 is 22.0 Å². The molecule has 0 aliphatic heterocycles. The minimum absolute atomic E-state index is 0.0399. The van der Waals surface area contributed by atoms with Crippen molar-refractivity contribution in [3.8, 4) is 0 Å². The highest BCUT2D eigenvalue weighted by atomic mass is 35.7. The Morgan fingerprint density at radius 3 is 2.62 bits per heavy atom. The van der Waals surface area contributed by atoms with E-state index in [9.17, 15) is 13.2 Å². The van der Waals surface area contributed by atoms with Gasteiger partial charge >= 0.3 is 0 Å². The van der Waals surface area contributed by atoms with Crippen LogP contribution < -0.4 is 5.32 Å². The van der Waals surface area contributed by atoms with E-state index in [1.54, 1.807) is 6.07 Å². The van der Waals surface area contributed by atoms with Gasteiger partial charge in [-0.1, -0.05) is 19.3 Å². The third-order valence-electron chi connectivity index (χ3n) is 3.85. The maximum absolute atomic E-state index is 12.0. The van der Waals surface area contributed by atoms with Gasteiger partial charge in [-0.25, -0.2) is 8.42 Å². The normalized spacial score (nSPS) is 18.4. The maximum atomic E-state index is 12.0. The fourth-order valence-corrected chi connectivity index (χ4v) is 4.82. The molecule has 1 aliphatic carbocycles. The van der Waals surface area contributed by atoms with Crippen molar-refractivity contribution < 1.29 is 13.2 Å². The lowest BCUT2D eigenvalue weighted by atomic mass is 9.87. The van der Waals surface area contributed by atoms with Crippen molar-refractivity contribution in [2.75, 3.05) is 0 Å². The van der Waals surface area contributed by atoms with Crippen LogP contribution in [0.5, 0.6) is 0 Å². The molecular weight excluding hydrogens is 330 g/mol. The Labute approximate surface area is 134 Å². The van der Waals surface area contributed by atoms with Gasteiger partial charge in [0, 0.05) is 22.0 Å². The number of amides is 1. The summed E-state index contributed by atoms with van der Waals surface area (Å²) in [5.41, 5.74) is 0. The van der Waals surface area contributed by atoms with E-state index in [0.717, 1.165) is 29.1 Å². The van der Waals surface area contributed by atoms with Crippen molar-refractivity contribution in [1.29, 1.82) is 0 Å². The Kier molecular flexibility index (Phi) is 5.68. The molecule has 0 bridgehead atoms. The molecule has 1 aromatic rings. The van der Waals surface area contributed by atoms with Crippen LogP contribution in [-0.2, 0) is 13.8 Å². The molecule has 0 saturated heterocycles. The number of carbonyl (C=O) groups is 1. The predicted octanol–water partition coefficient (Wildman–Crippen LogP) is 3.82. The highest BCUT2D eigenvalue weighted by Crippen LogP contribution is 2.30. The predicted molar refractivity (Wildman–Crippen MR) is 85.1 cm³/mol. The van der Waals surface area contributed by atoms with Crippen LogP contribution in [0.4, 0.5) is 0 Å². The van der Waals surface area contributed by atoms with Crippen molar-refractivity contribution in [2.45, 2.75) is 55.7 Å². The Morgan fingerprint density at radius 2 is 2.05 bits per heavy atom. The van der Waals surface area contributed by atoms with Crippen LogP contribution in [-0.4, -0.2) is 14.3 Å². The van der Waals surface area contributed by atoms with Crippen LogP contribution in [0.2, 0.25) is 0 Å². The molecule has 1 heterocycles. The summed E-state index contributed by atoms with van der Waals surface area (Å²) in [7, 11) is 1.62. The van der Waals surface area contributed by atoms with Crippen molar-refractivity contribution in [3.63, 3.8) is 0 Å². The second kappa shape index (κ2) is 7.11. The zero-order valence-corrected chi connectivity index (χ0v) is 14.4. The van der Waals surface area contributed by atoms with E-state index in [4.69, 9.17) is 10.7 Å². The first-order valence-electron chi connectivity index (χ1n) is 7.20. The Balaban J connectivity index is 1.89. The molecule has 0 radical (unpaired) electrons. The Hall–Kier alpha value is -0.590. The van der Waals surface area contributed by atoms with E-state index in [1.807, 2.05) is 6.92 Å². The first-order valence-corrected chi connectivity index (χ1v) is 10.3. The second-order valence-electron chi connectivity index (χ2n) is 5.59. The lowest BCUT2D eigenvalue weighted by Gasteiger charge is -2.22. The number of rotatable bonds is 5. The molecule has 118 valence electrons. The number of halogens is 1. The van der Waals surface area contributed by atoms with Crippen molar-refractivity contribution >= 4 is 37.0 Å². The maximum Gasteiger partial charge on any atom is 0.270 e. The summed E-state index contributed by atoms with van der Waals surface area (Å²) in [5.74, 6) is 0.533. The molecule has 1 N–H and O–H groups in total. The van der Waals surface area contributed by atoms with Crippen LogP contribution in [0.3, 0.4) is 0 Å². The fraction of sp³-hybridized carbons (Fsp3) is 0.643. The van der Waals surface area contributed by atoms with Gasteiger partial charge in [-0.2, -0.15) is 0 Å². The lowest BCUT2D eigenvalue weighted by Crippen LogP contribution is -2.28. The van der Waals surface area contributed by atoms with Crippen LogP contribution in [0.25, 0.3) is 0 Å². The molecule has 0 aromatic carbocycles. The molecule has 1 aromatic heterocycles. The molecule has 1 aliphatic rings. The number of hydrogen-bond donors (Lipinski definition) is 1. The van der Waals surface area contributed by atoms with Gasteiger partial charge in [-0.15, -0.1) is 11.3 Å². The molecule has 1 saturated carbocycles. The van der Waals surface area contributed by atoms with Gasteiger partial charge in [-0.05, 0) is 37.8 Å². The monoisotopic (exact) mass is 349 g/mol. The topological polar surface area (TPSA) is 63.2 Å². The molecule has 4 nitrogen and oxygen atoms in total. The molecule has 0 spiro atoms. The molecule has 7 heteroatoms. The van der Waals surface area contributed by atoms with E-state index < -0.39 is 9.05 Å². The quantitative estimate of drug-likeness (QED) is 0.822. The zero-order valence-electron chi connectivity index (χ0n) is 12.0. The molecule has 1 unspecified atom stereocenters. The van der Waals surface area contributed by atoms with Crippen LogP contribution in [0, 0.1) is 5.92 Å². The van der Waals surface area contributed by atoms with Gasteiger partial charge in [0.15, 0.2) is 0 Å². The molecule has 1 fully saturated rings. The van der Waals surface area contributed by atoms with Gasteiger partial charge in [0.05, 0.1) is 6.04 Å². The second-order valence-corrected chi connectivity index (χ2v) is 9.50. The highest BCUT2D eigenvalue weighted by Gasteiger charge is 2.20. The van der Waals surface area contributed by atoms with Crippen molar-refractivity contribution in [2.24, 2.45) is 5.92 Å². The number of thiophene rings is 1. The third kappa shape index (κ3) is 4.97. The smallest absolute Gasteiger partial charge is 0.270 e. The summed E-state index contributed by atoms with van der Waals surface area (Å²) in [6.45, 7) is 1.86. The van der Waals surface area contributed by atoms with Gasteiger partial charge in [0.25, 0.3) is 9.05 Å². The first kappa shape index (κ1) is 16.8. The summed E-state index contributed by atoms with van der Waals surface area (Å²) in [6.07, 6.45) is 6.55. The standard InChI is InChI=1S/C14H20ClNO3S2/c1-10(12-7-8-14(20-12)21(15,18)19)16-13(17)9-11-5-3-2-4-6-11/h7-8,10-11H,2-6,9H2,1H3,(H,16,17). The van der Waals surface area contributed by atoms with E-state index >= 15 is 0 Å². The van der Waals surface area contributed by atoms with E-state index in [0.29, 0.717) is 12.3 Å². The minimum Gasteiger partial charge on any atom is -0.349 e. The van der Waals surface area contributed by atoms with Gasteiger partial charge in [0.1, 0.15) is 4.21 Å². The molecular formula is C14H20ClNO3S2. The van der Waals surface area contributed by atoms with Crippen LogP contribution in [0.15, 0.2) is 16.3 Å². The van der Waals surface area contributed by atoms with Gasteiger partial charge < -0.3 is 5.32 Å². The third-order valence-corrected chi connectivity index (χ3v) is 7.21. The molecule has 21 heavy (non-hydrogen) atoms. The molecule has 1 atom stereocenters. The highest BCUT2D eigenvalue weighted by molar-refractivity contribution is 8.15. The summed E-state index contributed by atoms with van der Waals surface area (Å²) >= 11 is 1.10. The SMILES string of the molecule is CC(NC(=O)CC1CCCCC1)c1ccc(S(=O)(=O)Cl)s1. The largest absolute Gasteiger partial charge is 0.349 e. The summed E-state index contributed by atoms with van der Waals surface area (Å²) in [6, 6.07) is 2.98. The Bertz CT molecular complexity index is 591. The summed E-state index contributed by atoms with van der Waals surface area (Å²) < 4.78 is 22.6. The van der Waals surface area contributed by atoms with E-state index in [2.05, 4.69) is 5.32 Å². The van der Waals surface area contributed by atoms with Gasteiger partial charge in [-0.3, -0.25) is 4.79 Å². The lowest BCUT2D eigenvalue weighted by molar-refractivity contribution is -0.122. The summed E-state index contributed by atoms with van der Waals surface area (Å²) in [5, 5.41) is 2.94. The summed E-state index contributed by atoms with van der Waals surface area (Å²) in [4.78, 5) is 12.8. The number of hydrogen-bond acceptors (Lipinski definition) is 4. The number of carbonyl (C=O) groups excluding carboxylic acids is 1. The number of nitrogens with one attached hydrogen (secondary N) is 1. The zero-order chi connectivity index (χ0) is 15.5. The molecule has 1 amide bonds. The van der Waals surface area contributed by atoms with Crippen molar-refractivity contribution in [1.82, 2.24) is 5.32 Å². The van der Waals surface area contributed by atoms with Gasteiger partial charge in [0.2, 0.25) is 5.91 Å². The molecule has 2 rings (SSSR count). The Morgan fingerprint density at radius 1 is 1.38 bits per heavy atom. The van der Waals surface area contributed by atoms with E-state index in [1.165, 1.54) is 25.3 Å². The van der Waals surface area contributed by atoms with E-state index in [-0.39, 0.29) is 16.2 Å². The average Bonchev–Trinajstić information content (AvgIpc) is 2.89. The first-order chi connectivity index (χ1) is 9.86.